The highest BCUT2D eigenvalue weighted by Gasteiger charge is 2.17. The molecule has 1 aliphatic heterocycles. The van der Waals surface area contributed by atoms with Crippen molar-refractivity contribution in [3.63, 3.8) is 0 Å². The van der Waals surface area contributed by atoms with Crippen LogP contribution in [0.3, 0.4) is 0 Å². The van der Waals surface area contributed by atoms with E-state index >= 15 is 0 Å². The van der Waals surface area contributed by atoms with Crippen molar-refractivity contribution in [2.45, 2.75) is 46.5 Å². The van der Waals surface area contributed by atoms with Crippen molar-refractivity contribution in [1.29, 1.82) is 0 Å². The average molecular weight is 616 g/mol. The molecular formula is C38H42FN7. The van der Waals surface area contributed by atoms with Crippen LogP contribution in [0.15, 0.2) is 91.4 Å². The second-order valence-corrected chi connectivity index (χ2v) is 12.3. The summed E-state index contributed by atoms with van der Waals surface area (Å²) in [7, 11) is 0. The van der Waals surface area contributed by atoms with Gasteiger partial charge in [0.2, 0.25) is 0 Å². The Labute approximate surface area is 270 Å². The SMILES string of the molecule is C=C/C(=C\C(=C/C)c1ccc2[nH]nc(-c3cc4c(-c5cc(F)cc(CCCN6CCCC6)c5)nccc4[nH]3)c2n1)NC(=C)C(C)C. The second-order valence-electron chi connectivity index (χ2n) is 12.3. The molecule has 0 radical (unpaired) electrons. The van der Waals surface area contributed by atoms with Crippen molar-refractivity contribution < 1.29 is 4.39 Å². The molecule has 0 unspecified atom stereocenters. The van der Waals surface area contributed by atoms with Crippen molar-refractivity contribution in [2.75, 3.05) is 19.6 Å². The number of aromatic nitrogens is 5. The van der Waals surface area contributed by atoms with Gasteiger partial charge in [-0.15, -0.1) is 0 Å². The molecular weight excluding hydrogens is 573 g/mol. The fourth-order valence-electron chi connectivity index (χ4n) is 6.05. The highest BCUT2D eigenvalue weighted by atomic mass is 19.1. The van der Waals surface area contributed by atoms with Gasteiger partial charge in [-0.2, -0.15) is 5.10 Å². The van der Waals surface area contributed by atoms with E-state index in [9.17, 15) is 4.39 Å². The van der Waals surface area contributed by atoms with E-state index in [0.29, 0.717) is 11.6 Å². The van der Waals surface area contributed by atoms with Gasteiger partial charge in [-0.05, 0) is 124 Å². The molecule has 1 saturated heterocycles. The van der Waals surface area contributed by atoms with Gasteiger partial charge in [-0.1, -0.05) is 33.1 Å². The minimum absolute atomic E-state index is 0.240. The number of aromatic amines is 2. The number of pyridine rings is 2. The first-order valence-corrected chi connectivity index (χ1v) is 16.1. The molecule has 1 fully saturated rings. The first kappa shape index (κ1) is 31.2. The number of benzene rings is 1. The molecule has 7 nitrogen and oxygen atoms in total. The van der Waals surface area contributed by atoms with E-state index in [2.05, 4.69) is 58.5 Å². The highest BCUT2D eigenvalue weighted by Crippen LogP contribution is 2.34. The summed E-state index contributed by atoms with van der Waals surface area (Å²) in [5.74, 6) is 0.0513. The fourth-order valence-corrected chi connectivity index (χ4v) is 6.05. The van der Waals surface area contributed by atoms with E-state index in [1.807, 2.05) is 43.3 Å². The Morgan fingerprint density at radius 1 is 1.09 bits per heavy atom. The van der Waals surface area contributed by atoms with Gasteiger partial charge < -0.3 is 15.2 Å². The van der Waals surface area contributed by atoms with Gasteiger partial charge in [0.1, 0.15) is 17.0 Å². The van der Waals surface area contributed by atoms with Gasteiger partial charge in [-0.3, -0.25) is 10.1 Å². The second kappa shape index (κ2) is 13.7. The first-order valence-electron chi connectivity index (χ1n) is 16.1. The Balaban J connectivity index is 1.31. The molecule has 46 heavy (non-hydrogen) atoms. The monoisotopic (exact) mass is 615 g/mol. The van der Waals surface area contributed by atoms with Crippen LogP contribution in [0.2, 0.25) is 0 Å². The summed E-state index contributed by atoms with van der Waals surface area (Å²) in [6.45, 7) is 17.7. The third kappa shape index (κ3) is 6.72. The van der Waals surface area contributed by atoms with Gasteiger partial charge in [0.05, 0.1) is 22.6 Å². The van der Waals surface area contributed by atoms with Crippen molar-refractivity contribution >= 4 is 27.5 Å². The minimum Gasteiger partial charge on any atom is -0.359 e. The highest BCUT2D eigenvalue weighted by molar-refractivity contribution is 5.99. The fraction of sp³-hybridized carbons (Fsp3) is 0.289. The number of aryl methyl sites for hydroxylation is 1. The Bertz CT molecular complexity index is 1950. The van der Waals surface area contributed by atoms with Crippen molar-refractivity contribution in [3.8, 4) is 22.6 Å². The van der Waals surface area contributed by atoms with Gasteiger partial charge >= 0.3 is 0 Å². The van der Waals surface area contributed by atoms with E-state index in [0.717, 1.165) is 86.5 Å². The molecule has 0 amide bonds. The summed E-state index contributed by atoms with van der Waals surface area (Å²) < 4.78 is 14.9. The first-order chi connectivity index (χ1) is 22.3. The van der Waals surface area contributed by atoms with Gasteiger partial charge in [0.25, 0.3) is 0 Å². The standard InChI is InChI=1S/C38H42FN7/c1-6-27(22-30(7-2)41-25(5)24(3)4)32-12-13-34-37(43-32)38(45-44-34)35-23-31-33(42-35)14-15-40-36(31)28-19-26(20-29(39)21-28)11-10-18-46-16-8-9-17-46/h6-7,12-15,19-24,41-42H,2,5,8-11,16-18H2,1,3-4H3,(H,44,45)/b27-6+,30-22+. The number of halogens is 1. The normalized spacial score (nSPS) is 14.5. The Kier molecular flexibility index (Phi) is 9.26. The third-order valence-corrected chi connectivity index (χ3v) is 8.72. The molecule has 4 aromatic heterocycles. The summed E-state index contributed by atoms with van der Waals surface area (Å²) in [4.78, 5) is 15.7. The summed E-state index contributed by atoms with van der Waals surface area (Å²) in [5.41, 5.74) is 10.0. The van der Waals surface area contributed by atoms with E-state index in [1.165, 1.54) is 25.9 Å². The Hall–Kier alpha value is -4.82. The number of fused-ring (bicyclic) bond motifs is 2. The number of nitrogens with one attached hydrogen (secondary N) is 3. The molecule has 0 atom stereocenters. The van der Waals surface area contributed by atoms with Crippen LogP contribution in [0.4, 0.5) is 4.39 Å². The Morgan fingerprint density at radius 3 is 2.67 bits per heavy atom. The van der Waals surface area contributed by atoms with Crippen molar-refractivity contribution in [1.82, 2.24) is 35.4 Å². The molecule has 1 aromatic carbocycles. The average Bonchev–Trinajstić information content (AvgIpc) is 3.82. The van der Waals surface area contributed by atoms with Gasteiger partial charge in [0, 0.05) is 34.1 Å². The Morgan fingerprint density at radius 2 is 1.91 bits per heavy atom. The van der Waals surface area contributed by atoms with E-state index < -0.39 is 0 Å². The van der Waals surface area contributed by atoms with Gasteiger partial charge in [-0.25, -0.2) is 9.37 Å². The molecule has 3 N–H and O–H groups in total. The van der Waals surface area contributed by atoms with Crippen LogP contribution < -0.4 is 5.32 Å². The number of likely N-dealkylation sites (tertiary alicyclic amines) is 1. The molecule has 1 aliphatic rings. The molecule has 0 spiro atoms. The number of rotatable bonds is 12. The number of hydrogen-bond acceptors (Lipinski definition) is 5. The predicted octanol–water partition coefficient (Wildman–Crippen LogP) is 8.57. The molecule has 236 valence electrons. The van der Waals surface area contributed by atoms with Crippen LogP contribution in [0, 0.1) is 11.7 Å². The minimum atomic E-state index is -0.240. The van der Waals surface area contributed by atoms with Crippen LogP contribution in [0.25, 0.3) is 50.2 Å². The summed E-state index contributed by atoms with van der Waals surface area (Å²) in [6, 6.07) is 13.2. The molecule has 5 heterocycles. The summed E-state index contributed by atoms with van der Waals surface area (Å²) >= 11 is 0. The maximum atomic E-state index is 14.9. The lowest BCUT2D eigenvalue weighted by atomic mass is 10.0. The molecule has 8 heteroatoms. The number of hydrogen-bond donors (Lipinski definition) is 3. The van der Waals surface area contributed by atoms with Gasteiger partial charge in [0.15, 0.2) is 0 Å². The quantitative estimate of drug-likeness (QED) is 0.122. The zero-order chi connectivity index (χ0) is 32.2. The number of H-pyrrole nitrogens is 2. The zero-order valence-electron chi connectivity index (χ0n) is 27.0. The summed E-state index contributed by atoms with van der Waals surface area (Å²) in [5, 5.41) is 12.0. The van der Waals surface area contributed by atoms with E-state index in [4.69, 9.17) is 9.97 Å². The van der Waals surface area contributed by atoms with Crippen LogP contribution in [0.5, 0.6) is 0 Å². The third-order valence-electron chi connectivity index (χ3n) is 8.72. The van der Waals surface area contributed by atoms with E-state index in [-0.39, 0.29) is 5.82 Å². The molecule has 5 aromatic rings. The maximum absolute atomic E-state index is 14.9. The molecule has 0 saturated carbocycles. The van der Waals surface area contributed by atoms with Crippen LogP contribution in [0.1, 0.15) is 51.3 Å². The zero-order valence-corrected chi connectivity index (χ0v) is 27.0. The molecule has 0 aliphatic carbocycles. The number of allylic oxidation sites excluding steroid dienone is 5. The van der Waals surface area contributed by atoms with Crippen molar-refractivity contribution in [3.05, 3.63) is 109 Å². The lowest BCUT2D eigenvalue weighted by Crippen LogP contribution is -2.20. The molecule has 6 rings (SSSR count). The smallest absolute Gasteiger partial charge is 0.135 e. The summed E-state index contributed by atoms with van der Waals surface area (Å²) in [6.07, 6.45) is 12.0. The van der Waals surface area contributed by atoms with Crippen LogP contribution in [-0.4, -0.2) is 49.7 Å². The van der Waals surface area contributed by atoms with Crippen LogP contribution in [-0.2, 0) is 6.42 Å². The maximum Gasteiger partial charge on any atom is 0.135 e. The van der Waals surface area contributed by atoms with E-state index in [1.54, 1.807) is 24.4 Å². The molecule has 0 bridgehead atoms. The lowest BCUT2D eigenvalue weighted by Gasteiger charge is -2.14. The topological polar surface area (TPSA) is 85.5 Å². The number of nitrogens with zero attached hydrogens (tertiary/aromatic N) is 4. The predicted molar refractivity (Wildman–Crippen MR) is 187 cm³/mol. The van der Waals surface area contributed by atoms with Crippen LogP contribution >= 0.6 is 0 Å². The lowest BCUT2D eigenvalue weighted by molar-refractivity contribution is 0.334. The van der Waals surface area contributed by atoms with Crippen molar-refractivity contribution in [2.24, 2.45) is 5.92 Å². The largest absolute Gasteiger partial charge is 0.359 e.